The quantitative estimate of drug-likeness (QED) is 0.743. The summed E-state index contributed by atoms with van der Waals surface area (Å²) in [4.78, 5) is 4.18. The molecule has 104 valence electrons. The molecule has 7 nitrogen and oxygen atoms in total. The Kier molecular flexibility index (Phi) is 3.99. The van der Waals surface area contributed by atoms with Crippen molar-refractivity contribution in [3.63, 3.8) is 0 Å². The molecule has 0 fully saturated rings. The Morgan fingerprint density at radius 1 is 1.47 bits per heavy atom. The molecule has 0 bridgehead atoms. The first-order valence-electron chi connectivity index (χ1n) is 5.49. The Morgan fingerprint density at radius 3 is 2.79 bits per heavy atom. The molecule has 0 saturated carbocycles. The molecular formula is C10H14N4O3S2. The molecule has 0 amide bonds. The number of thiazole rings is 1. The zero-order valence-electron chi connectivity index (χ0n) is 10.5. The highest BCUT2D eigenvalue weighted by atomic mass is 32.2. The fourth-order valence-electron chi connectivity index (χ4n) is 1.66. The van der Waals surface area contributed by atoms with E-state index in [9.17, 15) is 8.42 Å². The van der Waals surface area contributed by atoms with Crippen molar-refractivity contribution in [3.8, 4) is 0 Å². The van der Waals surface area contributed by atoms with Gasteiger partial charge in [-0.15, -0.1) is 11.3 Å². The first kappa shape index (κ1) is 14.1. The number of rotatable bonds is 5. The van der Waals surface area contributed by atoms with Crippen LogP contribution in [0.5, 0.6) is 0 Å². The molecule has 2 heterocycles. The van der Waals surface area contributed by atoms with Crippen LogP contribution in [0.4, 0.5) is 0 Å². The lowest BCUT2D eigenvalue weighted by atomic mass is 10.4. The lowest BCUT2D eigenvalue weighted by Crippen LogP contribution is -2.24. The fraction of sp³-hybridized carbons (Fsp3) is 0.400. The number of aliphatic hydroxyl groups excluding tert-OH is 1. The second kappa shape index (κ2) is 5.37. The van der Waals surface area contributed by atoms with Crippen LogP contribution in [0.3, 0.4) is 0 Å². The third-order valence-electron chi connectivity index (χ3n) is 2.49. The van der Waals surface area contributed by atoms with Crippen LogP contribution < -0.4 is 4.72 Å². The lowest BCUT2D eigenvalue weighted by molar-refractivity contribution is 0.273. The number of aliphatic hydroxyl groups is 1. The van der Waals surface area contributed by atoms with Crippen LogP contribution in [0.25, 0.3) is 0 Å². The van der Waals surface area contributed by atoms with Crippen molar-refractivity contribution in [1.82, 2.24) is 19.9 Å². The summed E-state index contributed by atoms with van der Waals surface area (Å²) in [5.74, 6) is 0. The van der Waals surface area contributed by atoms with Crippen molar-refractivity contribution in [1.29, 1.82) is 0 Å². The average molecular weight is 302 g/mol. The zero-order valence-corrected chi connectivity index (χ0v) is 12.1. The molecule has 19 heavy (non-hydrogen) atoms. The average Bonchev–Trinajstić information content (AvgIpc) is 2.93. The summed E-state index contributed by atoms with van der Waals surface area (Å²) in [6.07, 6.45) is 0. The number of aromatic nitrogens is 3. The van der Waals surface area contributed by atoms with Crippen molar-refractivity contribution in [2.75, 3.05) is 0 Å². The molecule has 0 aromatic carbocycles. The van der Waals surface area contributed by atoms with Gasteiger partial charge in [-0.3, -0.25) is 5.10 Å². The molecule has 0 radical (unpaired) electrons. The van der Waals surface area contributed by atoms with Gasteiger partial charge in [0.05, 0.1) is 29.5 Å². The van der Waals surface area contributed by atoms with E-state index in [-0.39, 0.29) is 17.1 Å². The molecule has 0 spiro atoms. The second-order valence-corrected chi connectivity index (χ2v) is 6.73. The van der Waals surface area contributed by atoms with Gasteiger partial charge in [-0.1, -0.05) is 0 Å². The summed E-state index contributed by atoms with van der Waals surface area (Å²) < 4.78 is 26.8. The first-order valence-corrected chi connectivity index (χ1v) is 7.85. The molecule has 0 aliphatic heterocycles. The monoisotopic (exact) mass is 302 g/mol. The van der Waals surface area contributed by atoms with E-state index in [4.69, 9.17) is 5.11 Å². The SMILES string of the molecule is Cc1nc(CNS(=O)(=O)c2c(CO)n[nH]c2C)cs1. The minimum Gasteiger partial charge on any atom is -0.390 e. The predicted octanol–water partition coefficient (Wildman–Crippen LogP) is 0.454. The lowest BCUT2D eigenvalue weighted by Gasteiger charge is -2.05. The van der Waals surface area contributed by atoms with E-state index in [1.807, 2.05) is 6.92 Å². The summed E-state index contributed by atoms with van der Waals surface area (Å²) in [7, 11) is -3.72. The van der Waals surface area contributed by atoms with E-state index in [0.29, 0.717) is 11.4 Å². The van der Waals surface area contributed by atoms with Crippen LogP contribution in [0, 0.1) is 13.8 Å². The molecule has 0 saturated heterocycles. The minimum absolute atomic E-state index is 0.00181. The van der Waals surface area contributed by atoms with E-state index in [0.717, 1.165) is 5.01 Å². The molecule has 2 aromatic heterocycles. The van der Waals surface area contributed by atoms with Crippen molar-refractivity contribution < 1.29 is 13.5 Å². The Hall–Kier alpha value is -1.29. The maximum Gasteiger partial charge on any atom is 0.244 e. The number of nitrogens with one attached hydrogen (secondary N) is 2. The van der Waals surface area contributed by atoms with E-state index < -0.39 is 16.6 Å². The van der Waals surface area contributed by atoms with E-state index in [1.165, 1.54) is 11.3 Å². The topological polar surface area (TPSA) is 108 Å². The molecule has 0 aliphatic rings. The Labute approximate surface area is 114 Å². The Bertz CT molecular complexity index is 675. The van der Waals surface area contributed by atoms with Gasteiger partial charge in [-0.2, -0.15) is 5.10 Å². The number of H-pyrrole nitrogens is 1. The third kappa shape index (κ3) is 3.00. The molecule has 9 heteroatoms. The Morgan fingerprint density at radius 2 is 2.21 bits per heavy atom. The van der Waals surface area contributed by atoms with Gasteiger partial charge < -0.3 is 5.11 Å². The van der Waals surface area contributed by atoms with Gasteiger partial charge in [0.2, 0.25) is 10.0 Å². The Balaban J connectivity index is 2.20. The molecular weight excluding hydrogens is 288 g/mol. The maximum atomic E-state index is 12.2. The smallest absolute Gasteiger partial charge is 0.244 e. The van der Waals surface area contributed by atoms with Gasteiger partial charge in [0.25, 0.3) is 0 Å². The summed E-state index contributed by atoms with van der Waals surface area (Å²) in [6.45, 7) is 3.12. The molecule has 3 N–H and O–H groups in total. The highest BCUT2D eigenvalue weighted by Crippen LogP contribution is 2.18. The molecule has 0 unspecified atom stereocenters. The van der Waals surface area contributed by atoms with Gasteiger partial charge in [0.15, 0.2) is 0 Å². The minimum atomic E-state index is -3.72. The summed E-state index contributed by atoms with van der Waals surface area (Å²) in [6, 6.07) is 0. The van der Waals surface area contributed by atoms with Crippen molar-refractivity contribution in [3.05, 3.63) is 27.5 Å². The number of aryl methyl sites for hydroxylation is 2. The summed E-state index contributed by atoms with van der Waals surface area (Å²) in [5.41, 5.74) is 1.17. The normalized spacial score (nSPS) is 11.9. The zero-order chi connectivity index (χ0) is 14.0. The fourth-order valence-corrected chi connectivity index (χ4v) is 3.63. The first-order chi connectivity index (χ1) is 8.94. The predicted molar refractivity (Wildman–Crippen MR) is 70.1 cm³/mol. The largest absolute Gasteiger partial charge is 0.390 e. The van der Waals surface area contributed by atoms with Crippen LogP contribution in [0.1, 0.15) is 22.1 Å². The van der Waals surface area contributed by atoms with Crippen molar-refractivity contribution in [2.24, 2.45) is 0 Å². The molecule has 0 atom stereocenters. The van der Waals surface area contributed by atoms with E-state index in [2.05, 4.69) is 19.9 Å². The van der Waals surface area contributed by atoms with E-state index in [1.54, 1.807) is 12.3 Å². The maximum absolute atomic E-state index is 12.2. The van der Waals surface area contributed by atoms with Crippen molar-refractivity contribution >= 4 is 21.4 Å². The van der Waals surface area contributed by atoms with Gasteiger partial charge in [0, 0.05) is 5.38 Å². The molecule has 0 aliphatic carbocycles. The van der Waals surface area contributed by atoms with Crippen LogP contribution in [-0.4, -0.2) is 28.7 Å². The molecule has 2 rings (SSSR count). The number of nitrogens with zero attached hydrogens (tertiary/aromatic N) is 2. The van der Waals surface area contributed by atoms with Gasteiger partial charge in [0.1, 0.15) is 10.6 Å². The van der Waals surface area contributed by atoms with Gasteiger partial charge in [-0.25, -0.2) is 18.1 Å². The highest BCUT2D eigenvalue weighted by molar-refractivity contribution is 7.89. The van der Waals surface area contributed by atoms with Crippen molar-refractivity contribution in [2.45, 2.75) is 31.9 Å². The van der Waals surface area contributed by atoms with E-state index >= 15 is 0 Å². The third-order valence-corrected chi connectivity index (χ3v) is 4.92. The summed E-state index contributed by atoms with van der Waals surface area (Å²) in [5, 5.41) is 18.1. The van der Waals surface area contributed by atoms with Crippen LogP contribution >= 0.6 is 11.3 Å². The van der Waals surface area contributed by atoms with Gasteiger partial charge >= 0.3 is 0 Å². The number of hydrogen-bond acceptors (Lipinski definition) is 6. The number of hydrogen-bond donors (Lipinski definition) is 3. The number of sulfonamides is 1. The second-order valence-electron chi connectivity index (χ2n) is 3.96. The standard InChI is InChI=1S/C10H14N4O3S2/c1-6-10(9(4-15)14-13-6)19(16,17)11-3-8-5-18-7(2)12-8/h5,11,15H,3-4H2,1-2H3,(H,13,14). The molecule has 2 aromatic rings. The summed E-state index contributed by atoms with van der Waals surface area (Å²) >= 11 is 1.46. The van der Waals surface area contributed by atoms with Gasteiger partial charge in [-0.05, 0) is 13.8 Å². The van der Waals surface area contributed by atoms with Crippen LogP contribution in [-0.2, 0) is 23.2 Å². The van der Waals surface area contributed by atoms with Crippen LogP contribution in [0.2, 0.25) is 0 Å². The van der Waals surface area contributed by atoms with Crippen LogP contribution in [0.15, 0.2) is 10.3 Å². The number of aromatic amines is 1. The highest BCUT2D eigenvalue weighted by Gasteiger charge is 2.23.